The molecule has 0 saturated carbocycles. The first kappa shape index (κ1) is 13.5. The molecule has 0 saturated heterocycles. The monoisotopic (exact) mass is 263 g/mol. The number of hydrogen-bond donors (Lipinski definition) is 1. The van der Waals surface area contributed by atoms with Crippen molar-refractivity contribution in [1.82, 2.24) is 20.2 Å². The number of aromatic nitrogens is 4. The SMILES string of the molecule is CC(n1nnnc1-c1ccc(F)c(N)c1)C(C)(C)C. The molecule has 0 aliphatic rings. The highest BCUT2D eigenvalue weighted by Crippen LogP contribution is 2.32. The molecule has 102 valence electrons. The Bertz CT molecular complexity index is 585. The van der Waals surface area contributed by atoms with Gasteiger partial charge in [0.1, 0.15) is 5.82 Å². The maximum atomic E-state index is 13.2. The van der Waals surface area contributed by atoms with E-state index in [1.54, 1.807) is 16.8 Å². The molecule has 0 spiro atoms. The minimum atomic E-state index is -0.438. The van der Waals surface area contributed by atoms with Crippen molar-refractivity contribution in [3.63, 3.8) is 0 Å². The van der Waals surface area contributed by atoms with Crippen molar-refractivity contribution in [3.05, 3.63) is 24.0 Å². The minimum absolute atomic E-state index is 0.00963. The van der Waals surface area contributed by atoms with Gasteiger partial charge in [0.2, 0.25) is 0 Å². The van der Waals surface area contributed by atoms with Crippen LogP contribution < -0.4 is 5.73 Å². The molecular weight excluding hydrogens is 245 g/mol. The summed E-state index contributed by atoms with van der Waals surface area (Å²) in [6.45, 7) is 8.39. The zero-order valence-electron chi connectivity index (χ0n) is 11.6. The molecule has 0 radical (unpaired) electrons. The van der Waals surface area contributed by atoms with E-state index in [9.17, 15) is 4.39 Å². The van der Waals surface area contributed by atoms with Crippen molar-refractivity contribution in [3.8, 4) is 11.4 Å². The van der Waals surface area contributed by atoms with Crippen molar-refractivity contribution in [2.45, 2.75) is 33.7 Å². The molecule has 2 aromatic rings. The van der Waals surface area contributed by atoms with E-state index in [0.717, 1.165) is 0 Å². The largest absolute Gasteiger partial charge is 0.396 e. The Morgan fingerprint density at radius 1 is 1.32 bits per heavy atom. The fourth-order valence-electron chi connectivity index (χ4n) is 1.69. The van der Waals surface area contributed by atoms with E-state index in [-0.39, 0.29) is 17.1 Å². The van der Waals surface area contributed by atoms with Crippen LogP contribution in [0.5, 0.6) is 0 Å². The lowest BCUT2D eigenvalue weighted by Gasteiger charge is -2.27. The van der Waals surface area contributed by atoms with Crippen molar-refractivity contribution in [1.29, 1.82) is 0 Å². The molecule has 0 aliphatic carbocycles. The second-order valence-corrected chi connectivity index (χ2v) is 5.73. The number of hydrogen-bond acceptors (Lipinski definition) is 4. The predicted octanol–water partition coefficient (Wildman–Crippen LogP) is 2.67. The molecule has 1 heterocycles. The summed E-state index contributed by atoms with van der Waals surface area (Å²) in [7, 11) is 0. The summed E-state index contributed by atoms with van der Waals surface area (Å²) in [5, 5.41) is 11.8. The zero-order valence-corrected chi connectivity index (χ0v) is 11.6. The maximum Gasteiger partial charge on any atom is 0.182 e. The van der Waals surface area contributed by atoms with Crippen LogP contribution in [0.25, 0.3) is 11.4 Å². The number of halogens is 1. The molecule has 1 unspecified atom stereocenters. The lowest BCUT2D eigenvalue weighted by atomic mass is 9.88. The molecule has 1 aromatic carbocycles. The third-order valence-corrected chi connectivity index (χ3v) is 3.37. The first-order chi connectivity index (χ1) is 8.80. The van der Waals surface area contributed by atoms with Gasteiger partial charge in [0.15, 0.2) is 5.82 Å². The third-order valence-electron chi connectivity index (χ3n) is 3.37. The van der Waals surface area contributed by atoms with Gasteiger partial charge in [-0.1, -0.05) is 20.8 Å². The summed E-state index contributed by atoms with van der Waals surface area (Å²) in [5.74, 6) is 0.153. The van der Waals surface area contributed by atoms with E-state index in [1.165, 1.54) is 6.07 Å². The lowest BCUT2D eigenvalue weighted by molar-refractivity contribution is 0.243. The van der Waals surface area contributed by atoms with Crippen molar-refractivity contribution in [2.24, 2.45) is 5.41 Å². The average molecular weight is 263 g/mol. The number of nitrogen functional groups attached to an aromatic ring is 1. The van der Waals surface area contributed by atoms with Crippen LogP contribution in [0.1, 0.15) is 33.7 Å². The molecule has 2 rings (SSSR count). The fourth-order valence-corrected chi connectivity index (χ4v) is 1.69. The highest BCUT2D eigenvalue weighted by molar-refractivity contribution is 5.61. The Morgan fingerprint density at radius 3 is 2.58 bits per heavy atom. The van der Waals surface area contributed by atoms with Crippen LogP contribution in [-0.2, 0) is 0 Å². The Kier molecular flexibility index (Phi) is 3.26. The van der Waals surface area contributed by atoms with E-state index in [0.29, 0.717) is 11.4 Å². The Labute approximate surface area is 111 Å². The van der Waals surface area contributed by atoms with Gasteiger partial charge in [-0.25, -0.2) is 9.07 Å². The van der Waals surface area contributed by atoms with Crippen molar-refractivity contribution < 1.29 is 4.39 Å². The fraction of sp³-hybridized carbons (Fsp3) is 0.462. The summed E-state index contributed by atoms with van der Waals surface area (Å²) < 4.78 is 14.9. The van der Waals surface area contributed by atoms with Crippen molar-refractivity contribution in [2.75, 3.05) is 5.73 Å². The smallest absolute Gasteiger partial charge is 0.182 e. The molecular formula is C13H18FN5. The summed E-state index contributed by atoms with van der Waals surface area (Å²) in [6, 6.07) is 4.60. The standard InChI is InChI=1S/C13H18FN5/c1-8(13(2,3)4)19-12(16-17-18-19)9-5-6-10(14)11(15)7-9/h5-8H,15H2,1-4H3. The summed E-state index contributed by atoms with van der Waals surface area (Å²) in [4.78, 5) is 0. The molecule has 1 atom stereocenters. The lowest BCUT2D eigenvalue weighted by Crippen LogP contribution is -2.23. The Hall–Kier alpha value is -1.98. The van der Waals surface area contributed by atoms with Crippen LogP contribution in [0.2, 0.25) is 0 Å². The van der Waals surface area contributed by atoms with Gasteiger partial charge in [0.25, 0.3) is 0 Å². The van der Waals surface area contributed by atoms with Gasteiger partial charge in [0, 0.05) is 5.56 Å². The number of anilines is 1. The van der Waals surface area contributed by atoms with Crippen LogP contribution in [0.15, 0.2) is 18.2 Å². The Morgan fingerprint density at radius 2 is 2.00 bits per heavy atom. The number of rotatable bonds is 2. The van der Waals surface area contributed by atoms with Crippen LogP contribution >= 0.6 is 0 Å². The molecule has 0 bridgehead atoms. The van der Waals surface area contributed by atoms with Crippen molar-refractivity contribution >= 4 is 5.69 Å². The van der Waals surface area contributed by atoms with E-state index in [1.807, 2.05) is 6.92 Å². The molecule has 0 aliphatic heterocycles. The van der Waals surface area contributed by atoms with Gasteiger partial charge >= 0.3 is 0 Å². The van der Waals surface area contributed by atoms with Gasteiger partial charge in [-0.15, -0.1) is 5.10 Å². The summed E-state index contributed by atoms with van der Waals surface area (Å²) in [5.41, 5.74) is 6.40. The topological polar surface area (TPSA) is 69.6 Å². The average Bonchev–Trinajstić information content (AvgIpc) is 2.79. The van der Waals surface area contributed by atoms with E-state index < -0.39 is 5.82 Å². The van der Waals surface area contributed by atoms with Gasteiger partial charge < -0.3 is 5.73 Å². The first-order valence-corrected chi connectivity index (χ1v) is 6.14. The number of benzene rings is 1. The highest BCUT2D eigenvalue weighted by Gasteiger charge is 2.26. The molecule has 19 heavy (non-hydrogen) atoms. The van der Waals surface area contributed by atoms with E-state index >= 15 is 0 Å². The molecule has 6 heteroatoms. The second kappa shape index (κ2) is 4.60. The van der Waals surface area contributed by atoms with Crippen LogP contribution in [0, 0.1) is 11.2 Å². The molecule has 1 aromatic heterocycles. The quantitative estimate of drug-likeness (QED) is 0.846. The van der Waals surface area contributed by atoms with Gasteiger partial charge in [-0.05, 0) is 41.0 Å². The minimum Gasteiger partial charge on any atom is -0.396 e. The van der Waals surface area contributed by atoms with Gasteiger partial charge in [-0.2, -0.15) is 0 Å². The van der Waals surface area contributed by atoms with E-state index in [2.05, 4.69) is 36.3 Å². The predicted molar refractivity (Wildman–Crippen MR) is 71.8 cm³/mol. The number of nitrogens with two attached hydrogens (primary N) is 1. The van der Waals surface area contributed by atoms with Crippen LogP contribution in [0.3, 0.4) is 0 Å². The number of nitrogens with zero attached hydrogens (tertiary/aromatic N) is 4. The zero-order chi connectivity index (χ0) is 14.2. The molecule has 2 N–H and O–H groups in total. The summed E-state index contributed by atoms with van der Waals surface area (Å²) in [6.07, 6.45) is 0. The maximum absolute atomic E-state index is 13.2. The number of tetrazole rings is 1. The highest BCUT2D eigenvalue weighted by atomic mass is 19.1. The first-order valence-electron chi connectivity index (χ1n) is 6.14. The van der Waals surface area contributed by atoms with Gasteiger partial charge in [0.05, 0.1) is 11.7 Å². The summed E-state index contributed by atoms with van der Waals surface area (Å²) >= 11 is 0. The Balaban J connectivity index is 2.47. The van der Waals surface area contributed by atoms with E-state index in [4.69, 9.17) is 5.73 Å². The molecule has 0 amide bonds. The van der Waals surface area contributed by atoms with Crippen LogP contribution in [-0.4, -0.2) is 20.2 Å². The van der Waals surface area contributed by atoms with Crippen LogP contribution in [0.4, 0.5) is 10.1 Å². The second-order valence-electron chi connectivity index (χ2n) is 5.73. The molecule has 5 nitrogen and oxygen atoms in total. The molecule has 0 fully saturated rings. The third kappa shape index (κ3) is 2.57. The normalized spacial score (nSPS) is 13.5. The van der Waals surface area contributed by atoms with Gasteiger partial charge in [-0.3, -0.25) is 0 Å².